The van der Waals surface area contributed by atoms with E-state index >= 15 is 0 Å². The van der Waals surface area contributed by atoms with E-state index in [4.69, 9.17) is 5.73 Å². The first kappa shape index (κ1) is 11.5. The van der Waals surface area contributed by atoms with Crippen molar-refractivity contribution in [2.45, 2.75) is 31.2 Å². The summed E-state index contributed by atoms with van der Waals surface area (Å²) in [4.78, 5) is 0. The third kappa shape index (κ3) is 2.72. The zero-order valence-corrected chi connectivity index (χ0v) is 10.0. The van der Waals surface area contributed by atoms with E-state index < -0.39 is 0 Å². The number of hydrogen-bond acceptors (Lipinski definition) is 4. The number of nitrogens with zero attached hydrogens (tertiary/aromatic N) is 3. The molecule has 0 aliphatic carbocycles. The zero-order chi connectivity index (χ0) is 10.8. The molecule has 80 valence electrons. The number of rotatable bonds is 3. The highest BCUT2D eigenvalue weighted by Crippen LogP contribution is 2.33. The van der Waals surface area contributed by atoms with Crippen LogP contribution in [0.2, 0.25) is 0 Å². The molecular formula is C9H18N4S. The Balaban J connectivity index is 2.71. The van der Waals surface area contributed by atoms with Crippen LogP contribution in [0.3, 0.4) is 0 Å². The van der Waals surface area contributed by atoms with E-state index in [0.29, 0.717) is 11.8 Å². The first-order chi connectivity index (χ1) is 6.45. The van der Waals surface area contributed by atoms with Crippen LogP contribution in [-0.2, 0) is 7.05 Å². The van der Waals surface area contributed by atoms with Gasteiger partial charge in [-0.25, -0.2) is 0 Å². The summed E-state index contributed by atoms with van der Waals surface area (Å²) in [5, 5.41) is 9.17. The number of thioether (sulfide) groups is 1. The van der Waals surface area contributed by atoms with Gasteiger partial charge in [-0.1, -0.05) is 32.5 Å². The summed E-state index contributed by atoms with van der Waals surface area (Å²) < 4.78 is 1.92. The lowest BCUT2D eigenvalue weighted by Crippen LogP contribution is -2.31. The largest absolute Gasteiger partial charge is 0.329 e. The number of hydrogen-bond donors (Lipinski definition) is 1. The quantitative estimate of drug-likeness (QED) is 0.770. The molecule has 1 aromatic rings. The minimum atomic E-state index is 0.186. The third-order valence-corrected chi connectivity index (χ3v) is 3.86. The van der Waals surface area contributed by atoms with Crippen LogP contribution in [0.15, 0.2) is 11.5 Å². The molecule has 0 radical (unpaired) electrons. The van der Waals surface area contributed by atoms with E-state index in [-0.39, 0.29) is 5.41 Å². The molecule has 0 fully saturated rings. The molecule has 4 nitrogen and oxygen atoms in total. The number of aryl methyl sites for hydroxylation is 1. The molecule has 1 atom stereocenters. The average Bonchev–Trinajstić information content (AvgIpc) is 2.45. The van der Waals surface area contributed by atoms with Crippen molar-refractivity contribution < 1.29 is 0 Å². The van der Waals surface area contributed by atoms with Gasteiger partial charge in [-0.3, -0.25) is 0 Å². The van der Waals surface area contributed by atoms with Gasteiger partial charge in [-0.05, 0) is 5.41 Å². The van der Waals surface area contributed by atoms with Crippen molar-refractivity contribution in [2.24, 2.45) is 18.2 Å². The standard InChI is InChI=1S/C9H18N4S/c1-9(2,3)7(5-10)14-8-12-11-6-13(8)4/h6-7H,5,10H2,1-4H3. The topological polar surface area (TPSA) is 56.7 Å². The lowest BCUT2D eigenvalue weighted by atomic mass is 9.92. The van der Waals surface area contributed by atoms with E-state index in [1.165, 1.54) is 0 Å². The molecule has 1 aromatic heterocycles. The molecule has 0 spiro atoms. The fourth-order valence-electron chi connectivity index (χ4n) is 1.08. The van der Waals surface area contributed by atoms with Crippen molar-refractivity contribution in [2.75, 3.05) is 6.54 Å². The Labute approximate surface area is 89.3 Å². The van der Waals surface area contributed by atoms with Crippen LogP contribution >= 0.6 is 11.8 Å². The summed E-state index contributed by atoms with van der Waals surface area (Å²) in [5.41, 5.74) is 5.93. The van der Waals surface area contributed by atoms with Crippen molar-refractivity contribution in [3.63, 3.8) is 0 Å². The second-order valence-corrected chi connectivity index (χ2v) is 5.60. The maximum atomic E-state index is 5.75. The maximum absolute atomic E-state index is 5.75. The average molecular weight is 214 g/mol. The van der Waals surface area contributed by atoms with Crippen molar-refractivity contribution in [3.05, 3.63) is 6.33 Å². The van der Waals surface area contributed by atoms with Crippen molar-refractivity contribution in [1.29, 1.82) is 0 Å². The molecule has 0 amide bonds. The molecule has 1 heterocycles. The Hall–Kier alpha value is -0.550. The van der Waals surface area contributed by atoms with Gasteiger partial charge in [0, 0.05) is 18.8 Å². The molecule has 5 heteroatoms. The van der Waals surface area contributed by atoms with E-state index in [9.17, 15) is 0 Å². The van der Waals surface area contributed by atoms with E-state index in [0.717, 1.165) is 5.16 Å². The fraction of sp³-hybridized carbons (Fsp3) is 0.778. The predicted molar refractivity (Wildman–Crippen MR) is 59.2 cm³/mol. The molecule has 14 heavy (non-hydrogen) atoms. The highest BCUT2D eigenvalue weighted by Gasteiger charge is 2.25. The highest BCUT2D eigenvalue weighted by molar-refractivity contribution is 7.99. The van der Waals surface area contributed by atoms with Crippen LogP contribution in [-0.4, -0.2) is 26.6 Å². The summed E-state index contributed by atoms with van der Waals surface area (Å²) in [7, 11) is 1.94. The molecule has 1 unspecified atom stereocenters. The molecule has 1 rings (SSSR count). The van der Waals surface area contributed by atoms with Gasteiger partial charge in [0.05, 0.1) is 0 Å². The maximum Gasteiger partial charge on any atom is 0.191 e. The Morgan fingerprint density at radius 1 is 1.57 bits per heavy atom. The van der Waals surface area contributed by atoms with Crippen LogP contribution in [0.5, 0.6) is 0 Å². The normalized spacial score (nSPS) is 14.4. The summed E-state index contributed by atoms with van der Waals surface area (Å²) >= 11 is 1.69. The smallest absolute Gasteiger partial charge is 0.191 e. The van der Waals surface area contributed by atoms with Gasteiger partial charge >= 0.3 is 0 Å². The summed E-state index contributed by atoms with van der Waals surface area (Å²) in [6.07, 6.45) is 1.71. The molecule has 0 bridgehead atoms. The summed E-state index contributed by atoms with van der Waals surface area (Å²) in [6.45, 7) is 7.22. The van der Waals surface area contributed by atoms with Gasteiger partial charge in [0.25, 0.3) is 0 Å². The van der Waals surface area contributed by atoms with Crippen molar-refractivity contribution in [3.8, 4) is 0 Å². The summed E-state index contributed by atoms with van der Waals surface area (Å²) in [5.74, 6) is 0. The zero-order valence-electron chi connectivity index (χ0n) is 9.19. The minimum absolute atomic E-state index is 0.186. The van der Waals surface area contributed by atoms with Crippen molar-refractivity contribution >= 4 is 11.8 Å². The highest BCUT2D eigenvalue weighted by atomic mass is 32.2. The lowest BCUT2D eigenvalue weighted by molar-refractivity contribution is 0.397. The Morgan fingerprint density at radius 3 is 2.57 bits per heavy atom. The van der Waals surface area contributed by atoms with Crippen LogP contribution < -0.4 is 5.73 Å². The molecule has 0 aromatic carbocycles. The molecule has 0 aliphatic heterocycles. The number of nitrogens with two attached hydrogens (primary N) is 1. The Morgan fingerprint density at radius 2 is 2.21 bits per heavy atom. The predicted octanol–water partition coefficient (Wildman–Crippen LogP) is 1.28. The van der Waals surface area contributed by atoms with Gasteiger partial charge < -0.3 is 10.3 Å². The second kappa shape index (κ2) is 4.31. The monoisotopic (exact) mass is 214 g/mol. The third-order valence-electron chi connectivity index (χ3n) is 2.10. The molecule has 0 saturated heterocycles. The van der Waals surface area contributed by atoms with Gasteiger partial charge in [-0.15, -0.1) is 10.2 Å². The first-order valence-electron chi connectivity index (χ1n) is 4.66. The fourth-order valence-corrected chi connectivity index (χ4v) is 2.10. The summed E-state index contributed by atoms with van der Waals surface area (Å²) in [6, 6.07) is 0. The minimum Gasteiger partial charge on any atom is -0.329 e. The van der Waals surface area contributed by atoms with E-state index in [1.54, 1.807) is 18.1 Å². The second-order valence-electron chi connectivity index (χ2n) is 4.43. The van der Waals surface area contributed by atoms with Crippen LogP contribution in [0.1, 0.15) is 20.8 Å². The van der Waals surface area contributed by atoms with Crippen molar-refractivity contribution in [1.82, 2.24) is 14.8 Å². The SMILES string of the molecule is Cn1cnnc1SC(CN)C(C)(C)C. The Kier molecular flexibility index (Phi) is 3.55. The molecule has 0 saturated carbocycles. The van der Waals surface area contributed by atoms with Crippen LogP contribution in [0.4, 0.5) is 0 Å². The molecule has 2 N–H and O–H groups in total. The van der Waals surface area contributed by atoms with Crippen LogP contribution in [0, 0.1) is 5.41 Å². The van der Waals surface area contributed by atoms with Gasteiger partial charge in [0.2, 0.25) is 0 Å². The van der Waals surface area contributed by atoms with E-state index in [2.05, 4.69) is 31.0 Å². The van der Waals surface area contributed by atoms with Gasteiger partial charge in [0.15, 0.2) is 5.16 Å². The molecular weight excluding hydrogens is 196 g/mol. The van der Waals surface area contributed by atoms with E-state index in [1.807, 2.05) is 11.6 Å². The lowest BCUT2D eigenvalue weighted by Gasteiger charge is -2.28. The first-order valence-corrected chi connectivity index (χ1v) is 5.54. The van der Waals surface area contributed by atoms with Crippen LogP contribution in [0.25, 0.3) is 0 Å². The number of aromatic nitrogens is 3. The van der Waals surface area contributed by atoms with Gasteiger partial charge in [0.1, 0.15) is 6.33 Å². The Bertz CT molecular complexity index is 289. The molecule has 0 aliphatic rings. The van der Waals surface area contributed by atoms with Gasteiger partial charge in [-0.2, -0.15) is 0 Å².